The molecule has 1 rings (SSSR count). The van der Waals surface area contributed by atoms with Crippen molar-refractivity contribution in [2.45, 2.75) is 314 Å². The highest BCUT2D eigenvalue weighted by atomic mass is 31.2. The van der Waals surface area contributed by atoms with Crippen LogP contribution in [0.15, 0.2) is 0 Å². The number of carbonyl (C=O) groups is 6. The van der Waals surface area contributed by atoms with Crippen LogP contribution in [0.3, 0.4) is 0 Å². The van der Waals surface area contributed by atoms with Crippen LogP contribution in [0.4, 0.5) is 0 Å². The van der Waals surface area contributed by atoms with Gasteiger partial charge in [0.2, 0.25) is 29.5 Å². The fraction of sp³-hybridized carbons (Fsp3) is 0.898. The summed E-state index contributed by atoms with van der Waals surface area (Å²) in [4.78, 5) is 80.9. The number of carbonyl (C=O) groups excluding carboxylic acids is 6. The number of hydrogen-bond donors (Lipinski definition) is 9. The molecule has 0 saturated carbocycles. The van der Waals surface area contributed by atoms with E-state index in [-0.39, 0.29) is 31.1 Å². The molecule has 0 aromatic rings. The fourth-order valence-electron chi connectivity index (χ4n) is 10.3. The summed E-state index contributed by atoms with van der Waals surface area (Å²) in [6.45, 7) is 7.90. The minimum Gasteiger partial charge on any atom is -0.394 e. The Kier molecular flexibility index (Phi) is 43.2. The third-order valence-electron chi connectivity index (χ3n) is 15.3. The van der Waals surface area contributed by atoms with Crippen LogP contribution in [0.1, 0.15) is 260 Å². The van der Waals surface area contributed by atoms with Crippen molar-refractivity contribution in [2.24, 2.45) is 17.2 Å². The molecule has 1 heterocycles. The molecule has 0 aromatic heterocycles. The Balaban J connectivity index is 3.24. The zero-order valence-corrected chi connectivity index (χ0v) is 52.6. The van der Waals surface area contributed by atoms with Crippen molar-refractivity contribution in [1.82, 2.24) is 20.8 Å². The van der Waals surface area contributed by atoms with Gasteiger partial charge < -0.3 is 52.6 Å². The summed E-state index contributed by atoms with van der Waals surface area (Å²) in [5, 5.41) is 47.6. The molecule has 10 atom stereocenters. The van der Waals surface area contributed by atoms with Gasteiger partial charge in [0.15, 0.2) is 6.29 Å². The van der Waals surface area contributed by atoms with Gasteiger partial charge in [0.05, 0.1) is 38.0 Å². The van der Waals surface area contributed by atoms with Crippen molar-refractivity contribution >= 4 is 43.3 Å². The van der Waals surface area contributed by atoms with Crippen LogP contribution in [0.5, 0.6) is 0 Å². The number of nitrogens with zero attached hydrogens (tertiary/aromatic N) is 2. The van der Waals surface area contributed by atoms with E-state index in [2.05, 4.69) is 24.5 Å². The maximum atomic E-state index is 14.7. The first-order valence-corrected chi connectivity index (χ1v) is 33.2. The number of aliphatic hydroxyl groups is 3. The van der Waals surface area contributed by atoms with Crippen molar-refractivity contribution in [3.63, 3.8) is 0 Å². The van der Waals surface area contributed by atoms with Crippen LogP contribution in [0, 0.1) is 0 Å². The number of hydroxylamine groups is 2. The Morgan fingerprint density at radius 1 is 0.675 bits per heavy atom. The zero-order valence-electron chi connectivity index (χ0n) is 51.8. The smallest absolute Gasteiger partial charge is 0.394 e. The Hall–Kier alpha value is -3.19. The lowest BCUT2D eigenvalue weighted by atomic mass is 9.88. The molecule has 0 bridgehead atoms. The van der Waals surface area contributed by atoms with E-state index in [9.17, 15) is 53.9 Å². The van der Waals surface area contributed by atoms with Crippen molar-refractivity contribution < 1.29 is 77.0 Å². The van der Waals surface area contributed by atoms with E-state index in [4.69, 9.17) is 40.3 Å². The second-order valence-electron chi connectivity index (χ2n) is 22.9. The molecule has 12 N–H and O–H groups in total. The Morgan fingerprint density at radius 3 is 1.58 bits per heavy atom. The largest absolute Gasteiger partial charge is 0.498 e. The number of amides is 6. The number of rotatable bonds is 52. The predicted octanol–water partition coefficient (Wildman–Crippen LogP) is 8.32. The van der Waals surface area contributed by atoms with Crippen molar-refractivity contribution in [1.29, 1.82) is 0 Å². The van der Waals surface area contributed by atoms with Crippen LogP contribution < -0.4 is 27.8 Å². The molecule has 3 unspecified atom stereocenters. The average molecular weight is 1210 g/mol. The second kappa shape index (κ2) is 46.0. The third-order valence-corrected chi connectivity index (χ3v) is 16.7. The van der Waals surface area contributed by atoms with E-state index in [0.717, 1.165) is 64.7 Å². The number of nitrogens with two attached hydrogens (primary N) is 3. The maximum Gasteiger partial charge on any atom is 0.498 e. The summed E-state index contributed by atoms with van der Waals surface area (Å²) < 4.78 is 42.2. The normalized spacial score (nSPS) is 19.7. The topological polar surface area (TPSA) is 355 Å². The van der Waals surface area contributed by atoms with Gasteiger partial charge in [-0.25, -0.2) is 4.57 Å². The molecule has 6 amide bonds. The highest BCUT2D eigenvalue weighted by Gasteiger charge is 2.50. The summed E-state index contributed by atoms with van der Waals surface area (Å²) >= 11 is 0. The highest BCUT2D eigenvalue weighted by Crippen LogP contribution is 2.50. The lowest BCUT2D eigenvalue weighted by molar-refractivity contribution is -0.274. The predicted molar refractivity (Wildman–Crippen MR) is 318 cm³/mol. The van der Waals surface area contributed by atoms with Gasteiger partial charge in [-0.15, -0.1) is 4.62 Å². The number of phosphoric ester groups is 1. The fourth-order valence-corrected chi connectivity index (χ4v) is 11.4. The van der Waals surface area contributed by atoms with E-state index < -0.39 is 130 Å². The minimum atomic E-state index is -4.77. The highest BCUT2D eigenvalue weighted by molar-refractivity contribution is 7.48. The molecule has 0 spiro atoms. The molecule has 0 radical (unpaired) electrons. The zero-order chi connectivity index (χ0) is 62.1. The first kappa shape index (κ1) is 77.8. The van der Waals surface area contributed by atoms with Gasteiger partial charge in [-0.2, -0.15) is 0 Å². The molecule has 24 heteroatoms. The number of nitrogens with one attached hydrogen (secondary N) is 2. The SMILES string of the molecule is CCCCCCCCCCCCCCCCCCOP(=O)(OCCNC(=O)[C@@](C)(CC(C)O[C@@H]1[C@H](O)[C@@H](CO)O[C@H](O)[C@@H]1NC(C)=O)N(C(=O)CC[C@@H](N)C(N)=O)C(=O)C(N)CC)ON(O)C(=O)CCCCCCCCCCCCCCC. The lowest BCUT2D eigenvalue weighted by Crippen LogP contribution is -2.67. The van der Waals surface area contributed by atoms with Crippen molar-refractivity contribution in [3.05, 3.63) is 0 Å². The lowest BCUT2D eigenvalue weighted by Gasteiger charge is -2.45. The molecule has 1 fully saturated rings. The molecule has 1 aliphatic rings. The first-order chi connectivity index (χ1) is 39.6. The average Bonchev–Trinajstić information content (AvgIpc) is 3.63. The Labute approximate surface area is 497 Å². The summed E-state index contributed by atoms with van der Waals surface area (Å²) in [6, 6.07) is -4.00. The van der Waals surface area contributed by atoms with E-state index >= 15 is 0 Å². The van der Waals surface area contributed by atoms with Gasteiger partial charge in [0, 0.05) is 32.7 Å². The van der Waals surface area contributed by atoms with E-state index in [1.807, 2.05) is 0 Å². The summed E-state index contributed by atoms with van der Waals surface area (Å²) in [6.07, 6.45) is 23.6. The van der Waals surface area contributed by atoms with Gasteiger partial charge in [-0.3, -0.25) is 47.9 Å². The first-order valence-electron chi connectivity index (χ1n) is 31.7. The second-order valence-corrected chi connectivity index (χ2v) is 24.5. The Bertz CT molecular complexity index is 1840. The van der Waals surface area contributed by atoms with Gasteiger partial charge >= 0.3 is 7.82 Å². The molecule has 1 aliphatic heterocycles. The van der Waals surface area contributed by atoms with Crippen molar-refractivity contribution in [3.8, 4) is 0 Å². The van der Waals surface area contributed by atoms with Crippen LogP contribution >= 0.6 is 7.82 Å². The number of ether oxygens (including phenoxy) is 2. The molecular formula is C59H114N7O16P. The molecule has 0 aliphatic carbocycles. The number of phosphoric acid groups is 1. The van der Waals surface area contributed by atoms with E-state index in [0.29, 0.717) is 17.7 Å². The van der Waals surface area contributed by atoms with Crippen LogP contribution in [-0.4, -0.2) is 147 Å². The monoisotopic (exact) mass is 1210 g/mol. The number of imide groups is 1. The molecule has 83 heavy (non-hydrogen) atoms. The molecule has 0 aromatic carbocycles. The van der Waals surface area contributed by atoms with Crippen LogP contribution in [0.2, 0.25) is 0 Å². The van der Waals surface area contributed by atoms with E-state index in [1.54, 1.807) is 6.92 Å². The molecule has 1 saturated heterocycles. The molecule has 486 valence electrons. The molecular weight excluding hydrogens is 1090 g/mol. The van der Waals surface area contributed by atoms with E-state index in [1.165, 1.54) is 129 Å². The number of aliphatic hydroxyl groups excluding tert-OH is 3. The number of hydrogen-bond acceptors (Lipinski definition) is 18. The van der Waals surface area contributed by atoms with Gasteiger partial charge in [-0.1, -0.05) is 199 Å². The number of primary amides is 1. The van der Waals surface area contributed by atoms with Crippen LogP contribution in [0.25, 0.3) is 0 Å². The molecule has 23 nitrogen and oxygen atoms in total. The van der Waals surface area contributed by atoms with Crippen LogP contribution in [-0.2, 0) is 56.5 Å². The maximum absolute atomic E-state index is 14.7. The van der Waals surface area contributed by atoms with Gasteiger partial charge in [0.25, 0.3) is 5.91 Å². The van der Waals surface area contributed by atoms with Crippen molar-refractivity contribution in [2.75, 3.05) is 26.4 Å². The van der Waals surface area contributed by atoms with Gasteiger partial charge in [-0.05, 0) is 39.5 Å². The summed E-state index contributed by atoms with van der Waals surface area (Å²) in [7, 11) is -4.77. The van der Waals surface area contributed by atoms with Gasteiger partial charge in [0.1, 0.15) is 29.9 Å². The summed E-state index contributed by atoms with van der Waals surface area (Å²) in [5.74, 6) is -5.37. The Morgan fingerprint density at radius 2 is 1.13 bits per heavy atom. The third kappa shape index (κ3) is 32.9. The number of unbranched alkanes of at least 4 members (excludes halogenated alkanes) is 27. The summed E-state index contributed by atoms with van der Waals surface area (Å²) in [5.41, 5.74) is 15.2. The minimum absolute atomic E-state index is 0.0204. The quantitative estimate of drug-likeness (QED) is 0.0120. The standard InChI is InChI=1S/C59H114N7O16P/c1-7-10-12-14-16-18-20-22-23-24-26-28-30-32-34-36-41-78-83(77,82-66(76)51(70)37-35-33-31-29-27-25-21-19-17-15-13-11-8-2)79-42-40-63-58(75)59(6,65(56(73)47(60)9-3)50(69)39-38-48(61)55(62)72)43-45(4)80-54-52(64-46(5)68)57(74)81-49(44-67)53(54)71/h45,47-49,52-54,57,67,71,74,76H,7-44,60-61H2,1-6H3,(H2,62,72)(H,63,75)(H,64,68)/t45?,47?,48-,49-,52-,53-,54+,57+,59-,83?/m1/s1.